The van der Waals surface area contributed by atoms with Gasteiger partial charge in [-0.2, -0.15) is 0 Å². The van der Waals surface area contributed by atoms with Gasteiger partial charge in [-0.3, -0.25) is 9.88 Å². The molecule has 1 N–H and O–H groups in total. The Balaban J connectivity index is 1.58. The fraction of sp³-hybridized carbons (Fsp3) is 0.684. The SMILES string of the molecule is CC(C)NC(=O)N1CCC2(CC1)COCCN(Cc1cccnc1)C2. The van der Waals surface area contributed by atoms with Gasteiger partial charge in [-0.25, -0.2) is 4.79 Å². The van der Waals surface area contributed by atoms with E-state index in [9.17, 15) is 4.79 Å². The molecule has 0 radical (unpaired) electrons. The Bertz CT molecular complexity index is 556. The van der Waals surface area contributed by atoms with Gasteiger partial charge in [0.1, 0.15) is 0 Å². The molecule has 0 unspecified atom stereocenters. The zero-order chi connectivity index (χ0) is 17.7. The molecule has 6 nitrogen and oxygen atoms in total. The van der Waals surface area contributed by atoms with E-state index in [1.807, 2.05) is 37.2 Å². The number of amides is 2. The lowest BCUT2D eigenvalue weighted by atomic mass is 9.78. The minimum atomic E-state index is 0.0617. The number of likely N-dealkylation sites (tertiary alicyclic amines) is 1. The van der Waals surface area contributed by atoms with Crippen LogP contribution in [0.5, 0.6) is 0 Å². The van der Waals surface area contributed by atoms with Crippen molar-refractivity contribution in [1.29, 1.82) is 0 Å². The van der Waals surface area contributed by atoms with Crippen molar-refractivity contribution >= 4 is 6.03 Å². The quantitative estimate of drug-likeness (QED) is 0.911. The van der Waals surface area contributed by atoms with E-state index >= 15 is 0 Å². The molecular formula is C19H30N4O2. The van der Waals surface area contributed by atoms with Gasteiger partial charge in [0.2, 0.25) is 0 Å². The van der Waals surface area contributed by atoms with Crippen LogP contribution in [-0.4, -0.2) is 66.2 Å². The number of carbonyl (C=O) groups excluding carboxylic acids is 1. The first-order valence-corrected chi connectivity index (χ1v) is 9.31. The van der Waals surface area contributed by atoms with E-state index in [2.05, 4.69) is 21.3 Å². The lowest BCUT2D eigenvalue weighted by Gasteiger charge is -2.42. The van der Waals surface area contributed by atoms with Crippen LogP contribution in [0.25, 0.3) is 0 Å². The summed E-state index contributed by atoms with van der Waals surface area (Å²) >= 11 is 0. The Labute approximate surface area is 150 Å². The Morgan fingerprint density at radius 3 is 2.84 bits per heavy atom. The molecule has 0 aromatic carbocycles. The number of ether oxygens (including phenoxy) is 1. The van der Waals surface area contributed by atoms with Gasteiger partial charge in [0.15, 0.2) is 0 Å². The largest absolute Gasteiger partial charge is 0.379 e. The van der Waals surface area contributed by atoms with E-state index in [1.54, 1.807) is 0 Å². The zero-order valence-electron chi connectivity index (χ0n) is 15.4. The number of nitrogens with zero attached hydrogens (tertiary/aromatic N) is 3. The van der Waals surface area contributed by atoms with Crippen LogP contribution in [0.1, 0.15) is 32.3 Å². The van der Waals surface area contributed by atoms with Gasteiger partial charge in [-0.1, -0.05) is 6.07 Å². The average molecular weight is 346 g/mol. The summed E-state index contributed by atoms with van der Waals surface area (Å²) in [6, 6.07) is 4.36. The molecule has 3 rings (SSSR count). The molecule has 0 aliphatic carbocycles. The van der Waals surface area contributed by atoms with Crippen molar-refractivity contribution in [3.05, 3.63) is 30.1 Å². The van der Waals surface area contributed by atoms with Crippen molar-refractivity contribution in [3.8, 4) is 0 Å². The van der Waals surface area contributed by atoms with Gasteiger partial charge in [0.05, 0.1) is 13.2 Å². The van der Waals surface area contributed by atoms with Crippen molar-refractivity contribution in [2.75, 3.05) is 39.4 Å². The Hall–Kier alpha value is -1.66. The third kappa shape index (κ3) is 4.92. The zero-order valence-corrected chi connectivity index (χ0v) is 15.4. The molecule has 0 bridgehead atoms. The first kappa shape index (κ1) is 18.1. The third-order valence-electron chi connectivity index (χ3n) is 5.17. The number of carbonyl (C=O) groups is 1. The van der Waals surface area contributed by atoms with Gasteiger partial charge in [-0.15, -0.1) is 0 Å². The van der Waals surface area contributed by atoms with Crippen LogP contribution in [-0.2, 0) is 11.3 Å². The number of rotatable bonds is 3. The lowest BCUT2D eigenvalue weighted by molar-refractivity contribution is 0.0228. The van der Waals surface area contributed by atoms with Crippen LogP contribution in [0.2, 0.25) is 0 Å². The normalized spacial score (nSPS) is 21.3. The van der Waals surface area contributed by atoms with E-state index in [0.717, 1.165) is 58.8 Å². The molecule has 1 spiro atoms. The molecule has 2 aliphatic rings. The minimum absolute atomic E-state index is 0.0617. The Morgan fingerprint density at radius 2 is 2.16 bits per heavy atom. The maximum absolute atomic E-state index is 12.2. The summed E-state index contributed by atoms with van der Waals surface area (Å²) < 4.78 is 5.94. The van der Waals surface area contributed by atoms with Crippen LogP contribution < -0.4 is 5.32 Å². The van der Waals surface area contributed by atoms with E-state index in [4.69, 9.17) is 4.74 Å². The maximum Gasteiger partial charge on any atom is 0.317 e. The van der Waals surface area contributed by atoms with Gasteiger partial charge in [0, 0.05) is 56.6 Å². The maximum atomic E-state index is 12.2. The number of nitrogens with one attached hydrogen (secondary N) is 1. The van der Waals surface area contributed by atoms with Crippen LogP contribution in [0.4, 0.5) is 4.79 Å². The molecule has 1 aromatic heterocycles. The Morgan fingerprint density at radius 1 is 1.36 bits per heavy atom. The van der Waals surface area contributed by atoms with Gasteiger partial charge in [0.25, 0.3) is 0 Å². The van der Waals surface area contributed by atoms with Crippen molar-refractivity contribution in [3.63, 3.8) is 0 Å². The summed E-state index contributed by atoms with van der Waals surface area (Å²) in [5.74, 6) is 0. The topological polar surface area (TPSA) is 57.7 Å². The number of pyridine rings is 1. The molecule has 0 atom stereocenters. The predicted molar refractivity (Wildman–Crippen MR) is 97.2 cm³/mol. The molecule has 2 saturated heterocycles. The van der Waals surface area contributed by atoms with Crippen molar-refractivity contribution in [2.45, 2.75) is 39.3 Å². The highest BCUT2D eigenvalue weighted by atomic mass is 16.5. The van der Waals surface area contributed by atoms with Crippen molar-refractivity contribution < 1.29 is 9.53 Å². The molecule has 25 heavy (non-hydrogen) atoms. The molecule has 2 fully saturated rings. The summed E-state index contributed by atoms with van der Waals surface area (Å²) in [4.78, 5) is 20.9. The summed E-state index contributed by atoms with van der Waals surface area (Å²) in [6.45, 7) is 10.1. The fourth-order valence-electron chi connectivity index (χ4n) is 3.79. The number of urea groups is 1. The van der Waals surface area contributed by atoms with E-state index in [-0.39, 0.29) is 17.5 Å². The summed E-state index contributed by atoms with van der Waals surface area (Å²) in [5.41, 5.74) is 1.40. The average Bonchev–Trinajstić information content (AvgIpc) is 2.78. The second kappa shape index (κ2) is 8.15. The van der Waals surface area contributed by atoms with Crippen LogP contribution in [0.3, 0.4) is 0 Å². The smallest absolute Gasteiger partial charge is 0.317 e. The fourth-order valence-corrected chi connectivity index (χ4v) is 3.79. The molecule has 138 valence electrons. The Kier molecular flexibility index (Phi) is 5.91. The van der Waals surface area contributed by atoms with Gasteiger partial charge in [-0.05, 0) is 38.3 Å². The van der Waals surface area contributed by atoms with Gasteiger partial charge >= 0.3 is 6.03 Å². The third-order valence-corrected chi connectivity index (χ3v) is 5.17. The van der Waals surface area contributed by atoms with Crippen LogP contribution in [0, 0.1) is 5.41 Å². The second-order valence-electron chi connectivity index (χ2n) is 7.72. The first-order chi connectivity index (χ1) is 12.1. The molecular weight excluding hydrogens is 316 g/mol. The number of piperidine rings is 1. The highest BCUT2D eigenvalue weighted by Crippen LogP contribution is 2.34. The molecule has 2 amide bonds. The van der Waals surface area contributed by atoms with Crippen LogP contribution in [0.15, 0.2) is 24.5 Å². The highest BCUT2D eigenvalue weighted by molar-refractivity contribution is 5.74. The first-order valence-electron chi connectivity index (χ1n) is 9.31. The molecule has 2 aliphatic heterocycles. The monoisotopic (exact) mass is 346 g/mol. The molecule has 3 heterocycles. The molecule has 0 saturated carbocycles. The molecule has 1 aromatic rings. The number of hydrogen-bond acceptors (Lipinski definition) is 4. The van der Waals surface area contributed by atoms with Crippen molar-refractivity contribution in [1.82, 2.24) is 20.1 Å². The lowest BCUT2D eigenvalue weighted by Crippen LogP contribution is -2.52. The summed E-state index contributed by atoms with van der Waals surface area (Å²) in [7, 11) is 0. The van der Waals surface area contributed by atoms with E-state index in [0.29, 0.717) is 0 Å². The van der Waals surface area contributed by atoms with Gasteiger partial charge < -0.3 is 15.0 Å². The minimum Gasteiger partial charge on any atom is -0.379 e. The summed E-state index contributed by atoms with van der Waals surface area (Å²) in [5, 5.41) is 3.00. The second-order valence-corrected chi connectivity index (χ2v) is 7.72. The van der Waals surface area contributed by atoms with E-state index in [1.165, 1.54) is 5.56 Å². The summed E-state index contributed by atoms with van der Waals surface area (Å²) in [6.07, 6.45) is 5.76. The van der Waals surface area contributed by atoms with Crippen LogP contribution >= 0.6 is 0 Å². The van der Waals surface area contributed by atoms with Crippen molar-refractivity contribution in [2.24, 2.45) is 5.41 Å². The number of hydrogen-bond donors (Lipinski definition) is 1. The predicted octanol–water partition coefficient (Wildman–Crippen LogP) is 2.11. The standard InChI is InChI=1S/C19H30N4O2/c1-16(2)21-18(24)23-8-5-19(6-9-23)14-22(10-11-25-15-19)13-17-4-3-7-20-12-17/h3-4,7,12,16H,5-6,8-11,13-15H2,1-2H3,(H,21,24). The van der Waals surface area contributed by atoms with E-state index < -0.39 is 0 Å². The molecule has 6 heteroatoms. The number of aromatic nitrogens is 1. The highest BCUT2D eigenvalue weighted by Gasteiger charge is 2.39.